The Bertz CT molecular complexity index is 2500. The van der Waals surface area contributed by atoms with Crippen LogP contribution in [0.5, 0.6) is 23.0 Å². The normalized spacial score (nSPS) is 14.6. The van der Waals surface area contributed by atoms with Gasteiger partial charge in [-0.1, -0.05) is 130 Å². The van der Waals surface area contributed by atoms with E-state index in [9.17, 15) is 43.2 Å². The van der Waals surface area contributed by atoms with Crippen LogP contribution < -0.4 is 17.8 Å². The number of halogens is 6. The molecule has 4 aromatic carbocycles. The van der Waals surface area contributed by atoms with Crippen LogP contribution in [0.15, 0.2) is 87.7 Å². The first-order valence-electron chi connectivity index (χ1n) is 19.4. The fourth-order valence-corrected chi connectivity index (χ4v) is 12.0. The zero-order chi connectivity index (χ0) is 48.6. The molecule has 4 aromatic rings. The van der Waals surface area contributed by atoms with E-state index in [1.165, 1.54) is 50.2 Å². The molecule has 5 rings (SSSR count). The number of hydrogen-bond donors (Lipinski definition) is 0. The molecule has 0 spiro atoms. The zero-order valence-electron chi connectivity index (χ0n) is 37.6. The van der Waals surface area contributed by atoms with Gasteiger partial charge in [0.15, 0.2) is 11.5 Å². The maximum Gasteiger partial charge on any atom is 0.534 e. The molecule has 0 amide bonds. The summed E-state index contributed by atoms with van der Waals surface area (Å²) in [6.45, 7) is 22.6. The van der Waals surface area contributed by atoms with Crippen molar-refractivity contribution >= 4 is 67.3 Å². The summed E-state index contributed by atoms with van der Waals surface area (Å²) in [6, 6.07) is 13.1. The average Bonchev–Trinajstić information content (AvgIpc) is 3.10. The molecule has 8 bridgehead atoms. The van der Waals surface area contributed by atoms with Gasteiger partial charge in [0, 0.05) is 0 Å². The Labute approximate surface area is 389 Å². The highest BCUT2D eigenvalue weighted by molar-refractivity contribution is 8.01. The van der Waals surface area contributed by atoms with Crippen molar-refractivity contribution in [1.29, 1.82) is 0 Å². The monoisotopic (exact) mass is 1010 g/mol. The Balaban J connectivity index is 2.10. The smallest absolute Gasteiger partial charge is 0.494 e. The van der Waals surface area contributed by atoms with Crippen molar-refractivity contribution in [1.82, 2.24) is 0 Å². The highest BCUT2D eigenvalue weighted by Crippen LogP contribution is 2.57. The number of fused-ring (bicyclic) bond motifs is 8. The second-order valence-electron chi connectivity index (χ2n) is 19.0. The van der Waals surface area contributed by atoms with Gasteiger partial charge in [-0.05, 0) is 92.4 Å². The largest absolute Gasteiger partial charge is 0.534 e. The number of rotatable bonds is 6. The van der Waals surface area contributed by atoms with Gasteiger partial charge < -0.3 is 17.8 Å². The lowest BCUT2D eigenvalue weighted by Gasteiger charge is -2.28. The Morgan fingerprint density at radius 3 is 0.672 bits per heavy atom. The van der Waals surface area contributed by atoms with Gasteiger partial charge in [-0.3, -0.25) is 0 Å². The topological polar surface area (TPSA) is 105 Å². The molecule has 20 heteroatoms. The van der Waals surface area contributed by atoms with E-state index in [0.717, 1.165) is 34.7 Å². The fraction of sp³-hybridized carbons (Fsp3) is 0.455. The van der Waals surface area contributed by atoms with Gasteiger partial charge in [-0.2, -0.15) is 43.2 Å². The average molecular weight is 1010 g/mol. The molecule has 1 aliphatic heterocycles. The van der Waals surface area contributed by atoms with Gasteiger partial charge in [0.25, 0.3) is 0 Å². The van der Waals surface area contributed by atoms with E-state index >= 15 is 0 Å². The number of methoxy groups -OCH3 is 2. The third kappa shape index (κ3) is 11.2. The molecule has 0 aliphatic carbocycles. The Morgan fingerprint density at radius 2 is 0.531 bits per heavy atom. The summed E-state index contributed by atoms with van der Waals surface area (Å²) >= 11 is 3.46. The van der Waals surface area contributed by atoms with E-state index in [1.54, 1.807) is 53.7 Å². The summed E-state index contributed by atoms with van der Waals surface area (Å²) in [4.78, 5) is 0.927. The van der Waals surface area contributed by atoms with E-state index in [1.807, 2.05) is 53.7 Å². The Morgan fingerprint density at radius 1 is 0.359 bits per heavy atom. The van der Waals surface area contributed by atoms with Crippen LogP contribution in [-0.4, -0.2) is 42.1 Å². The van der Waals surface area contributed by atoms with Crippen LogP contribution in [-0.2, 0) is 41.9 Å². The van der Waals surface area contributed by atoms with E-state index in [2.05, 4.69) is 0 Å². The molecular weight excluding hydrogens is 963 g/mol. The summed E-state index contributed by atoms with van der Waals surface area (Å²) in [5.74, 6) is -1.04. The highest BCUT2D eigenvalue weighted by Gasteiger charge is 2.51. The summed E-state index contributed by atoms with van der Waals surface area (Å²) in [5.41, 5.74) is -11.9. The lowest BCUT2D eigenvalue weighted by atomic mass is 9.87. The molecule has 0 unspecified atom stereocenters. The van der Waals surface area contributed by atoms with Gasteiger partial charge in [-0.15, -0.1) is 0 Å². The summed E-state index contributed by atoms with van der Waals surface area (Å²) < 4.78 is 160. The van der Waals surface area contributed by atoms with Crippen molar-refractivity contribution in [2.45, 2.75) is 155 Å². The third-order valence-electron chi connectivity index (χ3n) is 9.79. The molecule has 0 N–H and O–H groups in total. The third-order valence-corrected chi connectivity index (χ3v) is 15.9. The number of ether oxygens (including phenoxy) is 2. The summed E-state index contributed by atoms with van der Waals surface area (Å²) in [6.07, 6.45) is 0. The predicted octanol–water partition coefficient (Wildman–Crippen LogP) is 14.3. The van der Waals surface area contributed by atoms with Crippen LogP contribution >= 0.6 is 47.0 Å². The second kappa shape index (κ2) is 17.6. The van der Waals surface area contributed by atoms with E-state index in [4.69, 9.17) is 17.8 Å². The highest BCUT2D eigenvalue weighted by atomic mass is 32.2. The van der Waals surface area contributed by atoms with Crippen LogP contribution in [0.3, 0.4) is 0 Å². The first kappa shape index (κ1) is 51.9. The number of hydrogen-bond acceptors (Lipinski definition) is 12. The number of benzene rings is 4. The van der Waals surface area contributed by atoms with Gasteiger partial charge >= 0.3 is 31.3 Å². The maximum atomic E-state index is 14.3. The molecule has 0 aromatic heterocycles. The van der Waals surface area contributed by atoms with Crippen molar-refractivity contribution in [2.75, 3.05) is 14.2 Å². The molecule has 0 radical (unpaired) electrons. The SMILES string of the molecule is COc1c2cc(C(C)(C)C)cc1Sc1cc(C(C)(C)C)cc(c1OS(=O)(=O)C(F)(F)F)Sc1cc(C(C)(C)C)cc(c1OS(=O)(=O)C(F)(F)F)Sc1cc(C(C)(C)C)cc(c1OC)S2. The van der Waals surface area contributed by atoms with Crippen molar-refractivity contribution in [3.05, 3.63) is 70.8 Å². The molecular formula is C44H50F6O8S6. The van der Waals surface area contributed by atoms with Crippen molar-refractivity contribution in [2.24, 2.45) is 0 Å². The lowest BCUT2D eigenvalue weighted by Crippen LogP contribution is -2.28. The molecule has 1 aliphatic rings. The van der Waals surface area contributed by atoms with Crippen molar-refractivity contribution in [3.8, 4) is 23.0 Å². The Hall–Kier alpha value is -3.04. The molecule has 0 fully saturated rings. The first-order valence-corrected chi connectivity index (χ1v) is 25.5. The van der Waals surface area contributed by atoms with Crippen LogP contribution in [0, 0.1) is 0 Å². The molecule has 0 saturated heterocycles. The van der Waals surface area contributed by atoms with Gasteiger partial charge in [0.1, 0.15) is 11.5 Å². The van der Waals surface area contributed by atoms with Crippen LogP contribution in [0.2, 0.25) is 0 Å². The zero-order valence-corrected chi connectivity index (χ0v) is 42.5. The van der Waals surface area contributed by atoms with E-state index < -0.39 is 64.4 Å². The standard InChI is InChI=1S/C44H50F6O8S6/c1-39(2,3)23-15-27-35(55-13)29(17-23)60-31-19-25(41(7,8)9)21-33(37(31)57-63(51,52)43(45,46)47)62-34-22-26(42(10,11)12)20-32(38(34)58-64(53,54)44(48,49)50)61-30-18-24(40(4,5)6)16-28(59-27)36(30)56-14/h15-22H,1-14H3. The Kier molecular flexibility index (Phi) is 14.2. The van der Waals surface area contributed by atoms with Crippen LogP contribution in [0.25, 0.3) is 0 Å². The molecule has 8 nitrogen and oxygen atoms in total. The minimum absolute atomic E-state index is 0.128. The van der Waals surface area contributed by atoms with Crippen LogP contribution in [0.1, 0.15) is 105 Å². The molecule has 64 heavy (non-hydrogen) atoms. The maximum absolute atomic E-state index is 14.3. The summed E-state index contributed by atoms with van der Waals surface area (Å²) in [7, 11) is -9.94. The van der Waals surface area contributed by atoms with Gasteiger partial charge in [0.05, 0.1) is 53.4 Å². The predicted molar refractivity (Wildman–Crippen MR) is 241 cm³/mol. The van der Waals surface area contributed by atoms with Crippen molar-refractivity contribution < 1.29 is 61.0 Å². The van der Waals surface area contributed by atoms with E-state index in [0.29, 0.717) is 54.0 Å². The molecule has 0 atom stereocenters. The van der Waals surface area contributed by atoms with Gasteiger partial charge in [0.2, 0.25) is 0 Å². The molecule has 1 heterocycles. The lowest BCUT2D eigenvalue weighted by molar-refractivity contribution is -0.0506. The first-order chi connectivity index (χ1) is 28.9. The summed E-state index contributed by atoms with van der Waals surface area (Å²) in [5, 5.41) is 0. The van der Waals surface area contributed by atoms with Crippen molar-refractivity contribution in [3.63, 3.8) is 0 Å². The molecule has 0 saturated carbocycles. The quantitative estimate of drug-likeness (QED) is 0.0919. The van der Waals surface area contributed by atoms with E-state index in [-0.39, 0.29) is 19.6 Å². The van der Waals surface area contributed by atoms with Gasteiger partial charge in [-0.25, -0.2) is 0 Å². The minimum Gasteiger partial charge on any atom is -0.494 e. The minimum atomic E-state index is -6.40. The second-order valence-corrected chi connectivity index (χ2v) is 26.4. The fourth-order valence-electron chi connectivity index (χ4n) is 6.00. The molecule has 352 valence electrons. The number of alkyl halides is 6. The van der Waals surface area contributed by atoms with Crippen LogP contribution in [0.4, 0.5) is 26.3 Å².